The molecule has 0 N–H and O–H groups in total. The lowest BCUT2D eigenvalue weighted by atomic mass is 9.96. The van der Waals surface area contributed by atoms with E-state index in [4.69, 9.17) is 0 Å². The molecule has 0 aliphatic heterocycles. The quantitative estimate of drug-likeness (QED) is 0.680. The monoisotopic (exact) mass is 200 g/mol. The molecule has 1 aliphatic carbocycles. The highest BCUT2D eigenvalue weighted by Crippen LogP contribution is 2.28. The van der Waals surface area contributed by atoms with Gasteiger partial charge in [0.1, 0.15) is 0 Å². The van der Waals surface area contributed by atoms with Crippen LogP contribution in [-0.2, 0) is 0 Å². The molecule has 0 saturated heterocycles. The van der Waals surface area contributed by atoms with Crippen LogP contribution in [0.15, 0.2) is 30.8 Å². The fourth-order valence-electron chi connectivity index (χ4n) is 2.21. The number of Topliss-reactive ketones (excluding diaryl/α,β-unsaturated/α-hetero) is 1. The van der Waals surface area contributed by atoms with Crippen LogP contribution in [0.3, 0.4) is 0 Å². The molecule has 1 fully saturated rings. The molecule has 15 heavy (non-hydrogen) atoms. The van der Waals surface area contributed by atoms with Crippen LogP contribution in [0.5, 0.6) is 0 Å². The van der Waals surface area contributed by atoms with Crippen molar-refractivity contribution in [1.82, 2.24) is 0 Å². The van der Waals surface area contributed by atoms with Gasteiger partial charge < -0.3 is 0 Å². The van der Waals surface area contributed by atoms with Crippen molar-refractivity contribution < 1.29 is 4.79 Å². The number of carbonyl (C=O) groups excluding carboxylic acids is 1. The van der Waals surface area contributed by atoms with E-state index in [1.54, 1.807) is 6.08 Å². The highest BCUT2D eigenvalue weighted by molar-refractivity contribution is 5.98. The van der Waals surface area contributed by atoms with Gasteiger partial charge in [-0.05, 0) is 18.4 Å². The smallest absolute Gasteiger partial charge is 0.165 e. The zero-order valence-corrected chi connectivity index (χ0v) is 8.91. The number of rotatable bonds is 3. The highest BCUT2D eigenvalue weighted by Gasteiger charge is 2.23. The Hall–Kier alpha value is -1.37. The largest absolute Gasteiger partial charge is 0.294 e. The molecule has 0 bridgehead atoms. The Labute approximate surface area is 90.8 Å². The van der Waals surface area contributed by atoms with Crippen LogP contribution >= 0.6 is 0 Å². The predicted molar refractivity (Wildman–Crippen MR) is 62.8 cm³/mol. The summed E-state index contributed by atoms with van der Waals surface area (Å²) in [6, 6.07) is 7.74. The molecule has 0 spiro atoms. The first-order chi connectivity index (χ1) is 7.31. The summed E-state index contributed by atoms with van der Waals surface area (Å²) in [5.74, 6) is 0.600. The van der Waals surface area contributed by atoms with E-state index in [1.165, 1.54) is 12.8 Å². The average molecular weight is 200 g/mol. The van der Waals surface area contributed by atoms with Crippen molar-refractivity contribution in [3.8, 4) is 0 Å². The lowest BCUT2D eigenvalue weighted by Gasteiger charge is -2.07. The Bertz CT molecular complexity index is 355. The number of ketones is 1. The van der Waals surface area contributed by atoms with Crippen molar-refractivity contribution in [2.45, 2.75) is 25.7 Å². The molecule has 0 radical (unpaired) electrons. The maximum Gasteiger partial charge on any atom is 0.165 e. The minimum Gasteiger partial charge on any atom is -0.294 e. The topological polar surface area (TPSA) is 17.1 Å². The fraction of sp³-hybridized carbons (Fsp3) is 0.357. The first kappa shape index (κ1) is 10.2. The van der Waals surface area contributed by atoms with Crippen LogP contribution < -0.4 is 0 Å². The van der Waals surface area contributed by atoms with Crippen molar-refractivity contribution in [3.05, 3.63) is 42.0 Å². The van der Waals surface area contributed by atoms with Crippen LogP contribution in [-0.4, -0.2) is 5.78 Å². The molecule has 0 aromatic heterocycles. The van der Waals surface area contributed by atoms with Crippen molar-refractivity contribution in [2.24, 2.45) is 5.92 Å². The minimum atomic E-state index is 0.277. The molecule has 1 aliphatic rings. The van der Waals surface area contributed by atoms with Gasteiger partial charge in [0.25, 0.3) is 0 Å². The molecule has 2 rings (SSSR count). The summed E-state index contributed by atoms with van der Waals surface area (Å²) < 4.78 is 0. The van der Waals surface area contributed by atoms with Crippen LogP contribution in [0.2, 0.25) is 0 Å². The SMILES string of the molecule is C=Cc1ccc(C(=O)C2CCCC2)cc1. The van der Waals surface area contributed by atoms with Gasteiger partial charge >= 0.3 is 0 Å². The first-order valence-corrected chi connectivity index (χ1v) is 5.58. The van der Waals surface area contributed by atoms with E-state index < -0.39 is 0 Å². The van der Waals surface area contributed by atoms with Crippen molar-refractivity contribution in [1.29, 1.82) is 0 Å². The second-order valence-electron chi connectivity index (χ2n) is 4.17. The molecule has 0 atom stereocenters. The summed E-state index contributed by atoms with van der Waals surface area (Å²) in [6.07, 6.45) is 6.36. The lowest BCUT2D eigenvalue weighted by molar-refractivity contribution is 0.0923. The Morgan fingerprint density at radius 3 is 2.33 bits per heavy atom. The van der Waals surface area contributed by atoms with E-state index >= 15 is 0 Å². The predicted octanol–water partition coefficient (Wildman–Crippen LogP) is 3.70. The maximum atomic E-state index is 12.0. The third-order valence-electron chi connectivity index (χ3n) is 3.16. The van der Waals surface area contributed by atoms with Gasteiger partial charge in [-0.25, -0.2) is 0 Å². The Morgan fingerprint density at radius 1 is 1.20 bits per heavy atom. The molecule has 0 heterocycles. The average Bonchev–Trinajstić information content (AvgIpc) is 2.82. The summed E-state index contributed by atoms with van der Waals surface area (Å²) in [5.41, 5.74) is 1.92. The van der Waals surface area contributed by atoms with Crippen LogP contribution in [0.25, 0.3) is 6.08 Å². The molecule has 1 aromatic carbocycles. The van der Waals surface area contributed by atoms with E-state index in [0.717, 1.165) is 24.0 Å². The van der Waals surface area contributed by atoms with Gasteiger partial charge in [0.05, 0.1) is 0 Å². The van der Waals surface area contributed by atoms with Crippen LogP contribution in [0.4, 0.5) is 0 Å². The van der Waals surface area contributed by atoms with E-state index in [0.29, 0.717) is 5.78 Å². The summed E-state index contributed by atoms with van der Waals surface area (Å²) in [4.78, 5) is 12.0. The molecular formula is C14H16O. The Kier molecular flexibility index (Phi) is 3.00. The molecule has 1 nitrogen and oxygen atoms in total. The second-order valence-corrected chi connectivity index (χ2v) is 4.17. The van der Waals surface area contributed by atoms with Gasteiger partial charge in [0, 0.05) is 11.5 Å². The number of carbonyl (C=O) groups is 1. The number of hydrogen-bond acceptors (Lipinski definition) is 1. The molecule has 0 amide bonds. The van der Waals surface area contributed by atoms with E-state index in [1.807, 2.05) is 24.3 Å². The van der Waals surface area contributed by atoms with Crippen LogP contribution in [0.1, 0.15) is 41.6 Å². The fourth-order valence-corrected chi connectivity index (χ4v) is 2.21. The Balaban J connectivity index is 2.14. The zero-order valence-electron chi connectivity index (χ0n) is 8.91. The van der Waals surface area contributed by atoms with Gasteiger partial charge in [-0.15, -0.1) is 0 Å². The van der Waals surface area contributed by atoms with Gasteiger partial charge in [-0.3, -0.25) is 4.79 Å². The summed E-state index contributed by atoms with van der Waals surface area (Å²) in [7, 11) is 0. The van der Waals surface area contributed by atoms with Gasteiger partial charge in [0.15, 0.2) is 5.78 Å². The maximum absolute atomic E-state index is 12.0. The number of hydrogen-bond donors (Lipinski definition) is 0. The highest BCUT2D eigenvalue weighted by atomic mass is 16.1. The van der Waals surface area contributed by atoms with E-state index in [-0.39, 0.29) is 5.92 Å². The summed E-state index contributed by atoms with van der Waals surface area (Å²) in [5, 5.41) is 0. The van der Waals surface area contributed by atoms with Crippen molar-refractivity contribution in [2.75, 3.05) is 0 Å². The molecule has 0 unspecified atom stereocenters. The first-order valence-electron chi connectivity index (χ1n) is 5.58. The third kappa shape index (κ3) is 2.17. The molecule has 1 aromatic rings. The normalized spacial score (nSPS) is 16.5. The van der Waals surface area contributed by atoms with Crippen molar-refractivity contribution in [3.63, 3.8) is 0 Å². The summed E-state index contributed by atoms with van der Waals surface area (Å²) in [6.45, 7) is 3.70. The van der Waals surface area contributed by atoms with Crippen LogP contribution in [0, 0.1) is 5.92 Å². The minimum absolute atomic E-state index is 0.277. The van der Waals surface area contributed by atoms with Gasteiger partial charge in [-0.1, -0.05) is 49.8 Å². The van der Waals surface area contributed by atoms with Gasteiger partial charge in [0.2, 0.25) is 0 Å². The third-order valence-corrected chi connectivity index (χ3v) is 3.16. The number of benzene rings is 1. The van der Waals surface area contributed by atoms with E-state index in [2.05, 4.69) is 6.58 Å². The Morgan fingerprint density at radius 2 is 1.80 bits per heavy atom. The standard InChI is InChI=1S/C14H16O/c1-2-11-7-9-13(10-8-11)14(15)12-5-3-4-6-12/h2,7-10,12H,1,3-6H2. The molecule has 1 heteroatoms. The van der Waals surface area contributed by atoms with Crippen molar-refractivity contribution >= 4 is 11.9 Å². The second kappa shape index (κ2) is 4.43. The van der Waals surface area contributed by atoms with Gasteiger partial charge in [-0.2, -0.15) is 0 Å². The molecular weight excluding hydrogens is 184 g/mol. The molecule has 78 valence electrons. The molecule has 1 saturated carbocycles. The van der Waals surface area contributed by atoms with E-state index in [9.17, 15) is 4.79 Å². The zero-order chi connectivity index (χ0) is 10.7. The lowest BCUT2D eigenvalue weighted by Crippen LogP contribution is -2.10. The summed E-state index contributed by atoms with van der Waals surface area (Å²) >= 11 is 0.